The second-order valence-corrected chi connectivity index (χ2v) is 3.88. The summed E-state index contributed by atoms with van der Waals surface area (Å²) in [5.41, 5.74) is 0. The third-order valence-electron chi connectivity index (χ3n) is 2.43. The fraction of sp³-hybridized carbons (Fsp3) is 0.600. The molecule has 1 atom stereocenters. The van der Waals surface area contributed by atoms with Crippen molar-refractivity contribution in [3.05, 3.63) is 18.7 Å². The van der Waals surface area contributed by atoms with E-state index in [0.717, 1.165) is 17.9 Å². The topological polar surface area (TPSA) is 35.1 Å². The minimum Gasteiger partial charge on any atom is -0.469 e. The third-order valence-corrected chi connectivity index (χ3v) is 2.43. The number of aromatic nitrogens is 2. The van der Waals surface area contributed by atoms with Crippen molar-refractivity contribution in [2.45, 2.75) is 31.4 Å². The normalized spacial score (nSPS) is 14.2. The Bertz CT molecular complexity index is 471. The number of aryl methyl sites for hydroxylation is 1. The summed E-state index contributed by atoms with van der Waals surface area (Å²) in [5, 5.41) is 0. The first kappa shape index (κ1) is 16.3. The number of carbonyl (C=O) groups is 1. The summed E-state index contributed by atoms with van der Waals surface area (Å²) in [6.45, 7) is -0.0846. The zero-order valence-electron chi connectivity index (χ0n) is 10.2. The second-order valence-electron chi connectivity index (χ2n) is 3.88. The fourth-order valence-electron chi connectivity index (χ4n) is 1.35. The predicted molar refractivity (Wildman–Crippen MR) is 52.4 cm³/mol. The molecule has 114 valence electrons. The zero-order chi connectivity index (χ0) is 15.6. The van der Waals surface area contributed by atoms with E-state index < -0.39 is 24.4 Å². The number of nitrogens with zero attached hydrogens (tertiary/aromatic N) is 2. The largest absolute Gasteiger partial charge is 0.469 e. The van der Waals surface area contributed by atoms with Crippen LogP contribution in [0.4, 0.5) is 26.3 Å². The summed E-state index contributed by atoms with van der Waals surface area (Å²) in [4.78, 5) is 10.8. The van der Waals surface area contributed by atoms with Crippen molar-refractivity contribution >= 4 is 5.97 Å². The van der Waals surface area contributed by atoms with Crippen LogP contribution in [0.2, 0.25) is 0 Å². The summed E-state index contributed by atoms with van der Waals surface area (Å²) in [6, 6.07) is -4.77. The molecule has 1 aromatic heterocycles. The summed E-state index contributed by atoms with van der Waals surface area (Å²) in [5.74, 6) is -0.615. The highest BCUT2D eigenvalue weighted by Crippen LogP contribution is 2.37. The lowest BCUT2D eigenvalue weighted by Gasteiger charge is -2.19. The van der Waals surface area contributed by atoms with Crippen molar-refractivity contribution in [2.24, 2.45) is 0 Å². The Morgan fingerprint density at radius 1 is 1.35 bits per heavy atom. The molecular weight excluding hydrogens is 294 g/mol. The van der Waals surface area contributed by atoms with E-state index >= 15 is 0 Å². The van der Waals surface area contributed by atoms with Gasteiger partial charge in [-0.25, -0.2) is 8.96 Å². The molecule has 0 aromatic carbocycles. The molecule has 1 unspecified atom stereocenters. The Kier molecular flexibility index (Phi) is 4.66. The number of imidazole rings is 1. The molecular formula is C10H11F6N2O2+. The molecule has 10 heteroatoms. The lowest BCUT2D eigenvalue weighted by Crippen LogP contribution is -2.44. The van der Waals surface area contributed by atoms with Crippen LogP contribution in [0.15, 0.2) is 18.7 Å². The molecule has 0 amide bonds. The Hall–Kier alpha value is -1.74. The van der Waals surface area contributed by atoms with Gasteiger partial charge in [0.05, 0.1) is 13.5 Å². The van der Waals surface area contributed by atoms with E-state index in [-0.39, 0.29) is 17.5 Å². The van der Waals surface area contributed by atoms with Crippen molar-refractivity contribution in [1.82, 2.24) is 4.57 Å². The van der Waals surface area contributed by atoms with E-state index in [9.17, 15) is 31.1 Å². The van der Waals surface area contributed by atoms with E-state index in [1.165, 1.54) is 0 Å². The number of carbonyl (C=O) groups excluding carboxylic acids is 1. The first-order valence-corrected chi connectivity index (χ1v) is 5.32. The van der Waals surface area contributed by atoms with Crippen molar-refractivity contribution in [1.29, 1.82) is 0 Å². The average molecular weight is 305 g/mol. The van der Waals surface area contributed by atoms with Crippen molar-refractivity contribution in [3.8, 4) is 0 Å². The minimum absolute atomic E-state index is 0.0846. The highest BCUT2D eigenvalue weighted by molar-refractivity contribution is 5.68. The number of ether oxygens (including phenoxy) is 1. The molecule has 0 aliphatic heterocycles. The number of methoxy groups -OCH3 is 1. The van der Waals surface area contributed by atoms with Gasteiger partial charge in [-0.05, 0) is 0 Å². The van der Waals surface area contributed by atoms with Gasteiger partial charge in [0.25, 0.3) is 0 Å². The second kappa shape index (κ2) is 5.71. The average Bonchev–Trinajstić information content (AvgIpc) is 2.83. The molecule has 4 nitrogen and oxygen atoms in total. The highest BCUT2D eigenvalue weighted by atomic mass is 19.4. The third kappa shape index (κ3) is 3.64. The number of alkyl halides is 6. The summed E-state index contributed by atoms with van der Waals surface area (Å²) >= 11 is 0. The quantitative estimate of drug-likeness (QED) is 0.472. The molecule has 0 bridgehead atoms. The van der Waals surface area contributed by atoms with E-state index in [2.05, 4.69) is 4.74 Å². The van der Waals surface area contributed by atoms with Crippen LogP contribution < -0.4 is 4.57 Å². The molecule has 1 aromatic rings. The van der Waals surface area contributed by atoms with Crippen LogP contribution in [0.5, 0.6) is 0 Å². The molecule has 0 radical (unpaired) electrons. The first-order valence-electron chi connectivity index (χ1n) is 5.32. The lowest BCUT2D eigenvalue weighted by molar-refractivity contribution is -0.696. The van der Waals surface area contributed by atoms with E-state index in [1.54, 1.807) is 0 Å². The monoisotopic (exact) mass is 305 g/mol. The van der Waals surface area contributed by atoms with Gasteiger partial charge in [0.15, 0.2) is 0 Å². The fourth-order valence-corrected chi connectivity index (χ4v) is 1.35. The van der Waals surface area contributed by atoms with E-state index in [4.69, 9.17) is 0 Å². The first-order chi connectivity index (χ1) is 9.09. The molecule has 0 fully saturated rings. The van der Waals surface area contributed by atoms with Gasteiger partial charge in [0.2, 0.25) is 6.33 Å². The molecule has 0 saturated carbocycles. The molecule has 0 N–H and O–H groups in total. The number of halogens is 6. The van der Waals surface area contributed by atoms with Crippen LogP contribution in [-0.2, 0) is 22.1 Å². The summed E-state index contributed by atoms with van der Waals surface area (Å²) in [6.07, 6.45) is -7.98. The SMILES string of the molecule is COC(=O)CC[n+]1ccn(C(F)(F)C(F)C(F)(F)F)c1. The Labute approximate surface area is 109 Å². The van der Waals surface area contributed by atoms with Crippen LogP contribution in [0, 0.1) is 0 Å². The maximum absolute atomic E-state index is 13.3. The van der Waals surface area contributed by atoms with Gasteiger partial charge in [-0.15, -0.1) is 0 Å². The number of rotatable bonds is 5. The molecule has 20 heavy (non-hydrogen) atoms. The predicted octanol–water partition coefficient (Wildman–Crippen LogP) is 1.79. The van der Waals surface area contributed by atoms with E-state index in [1.807, 2.05) is 0 Å². The van der Waals surface area contributed by atoms with Gasteiger partial charge in [0.1, 0.15) is 18.9 Å². The lowest BCUT2D eigenvalue weighted by atomic mass is 10.3. The number of hydrogen-bond acceptors (Lipinski definition) is 2. The maximum atomic E-state index is 13.3. The number of hydrogen-bond donors (Lipinski definition) is 0. The Morgan fingerprint density at radius 3 is 2.45 bits per heavy atom. The van der Waals surface area contributed by atoms with Crippen LogP contribution in [-0.4, -0.2) is 30.0 Å². The zero-order valence-corrected chi connectivity index (χ0v) is 10.2. The summed E-state index contributed by atoms with van der Waals surface area (Å²) < 4.78 is 80.5. The van der Waals surface area contributed by atoms with E-state index in [0.29, 0.717) is 12.5 Å². The van der Waals surface area contributed by atoms with Gasteiger partial charge in [-0.3, -0.25) is 4.79 Å². The minimum atomic E-state index is -5.68. The molecule has 0 spiro atoms. The number of esters is 1. The maximum Gasteiger partial charge on any atom is 0.437 e. The standard InChI is InChI=1S/C10H11F6N2O2/c1-20-7(19)2-3-17-4-5-18(6-17)10(15,16)8(11)9(12,13)14/h4-6,8H,2-3H2,1H3/q+1. The molecule has 0 saturated heterocycles. The molecule has 1 rings (SSSR count). The van der Waals surface area contributed by atoms with Gasteiger partial charge >= 0.3 is 24.4 Å². The van der Waals surface area contributed by atoms with Crippen LogP contribution >= 0.6 is 0 Å². The van der Waals surface area contributed by atoms with Crippen LogP contribution in [0.25, 0.3) is 0 Å². The molecule has 1 heterocycles. The Balaban J connectivity index is 2.82. The summed E-state index contributed by atoms with van der Waals surface area (Å²) in [7, 11) is 1.13. The Morgan fingerprint density at radius 2 is 1.95 bits per heavy atom. The van der Waals surface area contributed by atoms with Crippen molar-refractivity contribution in [3.63, 3.8) is 0 Å². The van der Waals surface area contributed by atoms with Crippen LogP contribution in [0.3, 0.4) is 0 Å². The van der Waals surface area contributed by atoms with Gasteiger partial charge in [0, 0.05) is 0 Å². The molecule has 0 aliphatic carbocycles. The smallest absolute Gasteiger partial charge is 0.437 e. The van der Waals surface area contributed by atoms with Crippen molar-refractivity contribution < 1.29 is 40.4 Å². The van der Waals surface area contributed by atoms with Gasteiger partial charge in [-0.2, -0.15) is 26.5 Å². The highest BCUT2D eigenvalue weighted by Gasteiger charge is 2.61. The van der Waals surface area contributed by atoms with Gasteiger partial charge in [-0.1, -0.05) is 0 Å². The van der Waals surface area contributed by atoms with Crippen LogP contribution in [0.1, 0.15) is 6.42 Å². The molecule has 0 aliphatic rings. The van der Waals surface area contributed by atoms with Crippen molar-refractivity contribution in [2.75, 3.05) is 7.11 Å². The van der Waals surface area contributed by atoms with Gasteiger partial charge < -0.3 is 4.74 Å².